The van der Waals surface area contributed by atoms with Crippen LogP contribution in [0.25, 0.3) is 0 Å². The number of allylic oxidation sites excluding steroid dienone is 2. The first-order valence-electron chi connectivity index (χ1n) is 14.9. The number of rotatable bonds is 6. The Hall–Kier alpha value is -1.19. The predicted molar refractivity (Wildman–Crippen MR) is 147 cm³/mol. The van der Waals surface area contributed by atoms with Gasteiger partial charge in [0.1, 0.15) is 0 Å². The van der Waals surface area contributed by atoms with E-state index in [1.54, 1.807) is 6.20 Å². The van der Waals surface area contributed by atoms with Gasteiger partial charge in [0, 0.05) is 6.20 Å². The van der Waals surface area contributed by atoms with Crippen LogP contribution in [0.15, 0.2) is 35.5 Å². The van der Waals surface area contributed by atoms with E-state index in [1.165, 1.54) is 44.9 Å². The van der Waals surface area contributed by atoms with Gasteiger partial charge in [-0.1, -0.05) is 71.6 Å². The normalized spacial score (nSPS) is 41.3. The average Bonchev–Trinajstić information content (AvgIpc) is 3.13. The zero-order valence-electron chi connectivity index (χ0n) is 23.8. The lowest BCUT2D eigenvalue weighted by atomic mass is 9.43. The second kappa shape index (κ2) is 9.23. The number of aliphatic hydroxyl groups is 2. The van der Waals surface area contributed by atoms with Crippen LogP contribution in [0.2, 0.25) is 0 Å². The molecule has 2 saturated carbocycles. The quantitative estimate of drug-likeness (QED) is 0.394. The summed E-state index contributed by atoms with van der Waals surface area (Å²) in [7, 11) is 0. The van der Waals surface area contributed by atoms with Gasteiger partial charge in [-0.25, -0.2) is 0 Å². The molecule has 200 valence electrons. The van der Waals surface area contributed by atoms with E-state index in [4.69, 9.17) is 0 Å². The van der Waals surface area contributed by atoms with E-state index in [0.717, 1.165) is 37.3 Å². The van der Waals surface area contributed by atoms with E-state index < -0.39 is 6.10 Å². The fourth-order valence-corrected chi connectivity index (χ4v) is 10.2. The highest BCUT2D eigenvalue weighted by atomic mass is 16.3. The van der Waals surface area contributed by atoms with Crippen molar-refractivity contribution in [2.75, 3.05) is 0 Å². The number of hydrogen-bond donors (Lipinski definition) is 2. The van der Waals surface area contributed by atoms with Gasteiger partial charge in [0.2, 0.25) is 0 Å². The monoisotopic (exact) mass is 493 g/mol. The van der Waals surface area contributed by atoms with Crippen molar-refractivity contribution in [1.82, 2.24) is 4.98 Å². The molecule has 0 amide bonds. The van der Waals surface area contributed by atoms with Gasteiger partial charge in [0.25, 0.3) is 0 Å². The third-order valence-electron chi connectivity index (χ3n) is 12.6. The smallest absolute Gasteiger partial charge is 0.0959 e. The van der Waals surface area contributed by atoms with Crippen LogP contribution in [-0.2, 0) is 0 Å². The summed E-state index contributed by atoms with van der Waals surface area (Å²) in [6.45, 7) is 15.0. The van der Waals surface area contributed by atoms with E-state index >= 15 is 0 Å². The van der Waals surface area contributed by atoms with E-state index in [2.05, 4.69) is 46.5 Å². The largest absolute Gasteiger partial charge is 0.393 e. The summed E-state index contributed by atoms with van der Waals surface area (Å²) in [6, 6.07) is 5.81. The summed E-state index contributed by atoms with van der Waals surface area (Å²) in [6.07, 6.45) is 14.1. The topological polar surface area (TPSA) is 53.4 Å². The highest BCUT2D eigenvalue weighted by molar-refractivity contribution is 5.38. The molecule has 1 aromatic rings. The van der Waals surface area contributed by atoms with E-state index in [-0.39, 0.29) is 16.9 Å². The molecule has 1 aromatic heterocycles. The molecule has 0 bridgehead atoms. The fourth-order valence-electron chi connectivity index (χ4n) is 10.2. The van der Waals surface area contributed by atoms with Crippen molar-refractivity contribution in [3.63, 3.8) is 0 Å². The van der Waals surface area contributed by atoms with Crippen molar-refractivity contribution in [2.24, 2.45) is 39.4 Å². The Bertz CT molecular complexity index is 985. The van der Waals surface area contributed by atoms with Gasteiger partial charge in [-0.2, -0.15) is 0 Å². The van der Waals surface area contributed by atoms with Gasteiger partial charge in [0.05, 0.1) is 17.9 Å². The number of aliphatic hydroxyl groups excluding tert-OH is 2. The summed E-state index contributed by atoms with van der Waals surface area (Å²) in [5.74, 6) is 2.05. The summed E-state index contributed by atoms with van der Waals surface area (Å²) in [5.41, 5.74) is 5.43. The third kappa shape index (κ3) is 3.85. The zero-order chi connectivity index (χ0) is 25.9. The Kier molecular flexibility index (Phi) is 6.77. The van der Waals surface area contributed by atoms with Crippen LogP contribution in [0, 0.1) is 39.4 Å². The van der Waals surface area contributed by atoms with Gasteiger partial charge < -0.3 is 10.2 Å². The molecule has 36 heavy (non-hydrogen) atoms. The van der Waals surface area contributed by atoms with E-state index in [9.17, 15) is 10.2 Å². The maximum atomic E-state index is 10.9. The lowest BCUT2D eigenvalue weighted by Crippen LogP contribution is -2.55. The molecule has 0 aliphatic heterocycles. The second-order valence-electron chi connectivity index (χ2n) is 14.4. The molecule has 4 aliphatic rings. The number of aromatic nitrogens is 1. The first-order valence-corrected chi connectivity index (χ1v) is 14.9. The first kappa shape index (κ1) is 26.4. The highest BCUT2D eigenvalue weighted by Crippen LogP contribution is 2.72. The number of pyridine rings is 1. The zero-order valence-corrected chi connectivity index (χ0v) is 23.8. The van der Waals surface area contributed by atoms with Gasteiger partial charge >= 0.3 is 0 Å². The van der Waals surface area contributed by atoms with E-state index in [0.29, 0.717) is 22.7 Å². The van der Waals surface area contributed by atoms with Crippen molar-refractivity contribution in [2.45, 2.75) is 124 Å². The minimum Gasteiger partial charge on any atom is -0.393 e. The van der Waals surface area contributed by atoms with Crippen molar-refractivity contribution in [1.29, 1.82) is 0 Å². The maximum Gasteiger partial charge on any atom is 0.0959 e. The molecule has 1 unspecified atom stereocenters. The number of hydrogen-bond acceptors (Lipinski definition) is 3. The Morgan fingerprint density at radius 2 is 1.72 bits per heavy atom. The molecule has 5 rings (SSSR count). The summed E-state index contributed by atoms with van der Waals surface area (Å²) < 4.78 is 0. The van der Waals surface area contributed by atoms with Gasteiger partial charge in [-0.15, -0.1) is 0 Å². The standard InChI is InChI=1S/C33H51NO2/c1-22(10-9-12-27(35)26-11-7-8-21-34-26)23-15-19-33(6)25-13-14-28-30(2,3)29(36)17-18-31(28,4)24(25)16-20-32(23,33)5/h7-8,11,21-23,27-29,35-36H,9-10,12-20H2,1-6H3/t22-,23-,27?,28+,29+,31-,32-,33+/m1/s1. The fraction of sp³-hybridized carbons (Fsp3) is 0.788. The van der Waals surface area contributed by atoms with Crippen LogP contribution < -0.4 is 0 Å². The highest BCUT2D eigenvalue weighted by Gasteiger charge is 2.63. The Balaban J connectivity index is 1.32. The van der Waals surface area contributed by atoms with Crippen molar-refractivity contribution < 1.29 is 10.2 Å². The molecule has 1 heterocycles. The molecule has 2 N–H and O–H groups in total. The van der Waals surface area contributed by atoms with Gasteiger partial charge in [-0.3, -0.25) is 4.98 Å². The molecule has 4 aliphatic carbocycles. The van der Waals surface area contributed by atoms with E-state index in [1.807, 2.05) is 29.3 Å². The summed E-state index contributed by atoms with van der Waals surface area (Å²) >= 11 is 0. The van der Waals surface area contributed by atoms with Gasteiger partial charge in [-0.05, 0) is 109 Å². The van der Waals surface area contributed by atoms with Crippen molar-refractivity contribution in [3.8, 4) is 0 Å². The van der Waals surface area contributed by atoms with Crippen LogP contribution >= 0.6 is 0 Å². The van der Waals surface area contributed by atoms with Crippen LogP contribution in [0.5, 0.6) is 0 Å². The molecule has 8 atom stereocenters. The summed E-state index contributed by atoms with van der Waals surface area (Å²) in [5, 5.41) is 21.5. The Labute approximate surface area is 220 Å². The first-order chi connectivity index (χ1) is 16.9. The van der Waals surface area contributed by atoms with Crippen molar-refractivity contribution in [3.05, 3.63) is 41.2 Å². The molecular weight excluding hydrogens is 442 g/mol. The lowest BCUT2D eigenvalue weighted by Gasteiger charge is -2.62. The molecule has 0 aromatic carbocycles. The molecule has 0 saturated heterocycles. The van der Waals surface area contributed by atoms with Crippen LogP contribution in [-0.4, -0.2) is 21.3 Å². The van der Waals surface area contributed by atoms with Gasteiger partial charge in [0.15, 0.2) is 0 Å². The average molecular weight is 494 g/mol. The SMILES string of the molecule is C[C@H](CCCC(O)c1ccccn1)[C@H]1CC[C@@]2(C)C3=C(CC[C@]12C)[C@@]1(C)CC[C@H](O)C(C)(C)[C@@H]1CC3. The minimum atomic E-state index is -0.445. The minimum absolute atomic E-state index is 0.0136. The third-order valence-corrected chi connectivity index (χ3v) is 12.6. The maximum absolute atomic E-state index is 10.9. The Morgan fingerprint density at radius 3 is 2.44 bits per heavy atom. The van der Waals surface area contributed by atoms with Crippen LogP contribution in [0.1, 0.15) is 124 Å². The Morgan fingerprint density at radius 1 is 0.944 bits per heavy atom. The molecule has 0 spiro atoms. The second-order valence-corrected chi connectivity index (χ2v) is 14.4. The number of fused-ring (bicyclic) bond motifs is 4. The predicted octanol–water partition coefficient (Wildman–Crippen LogP) is 8.03. The molecule has 3 nitrogen and oxygen atoms in total. The summed E-state index contributed by atoms with van der Waals surface area (Å²) in [4.78, 5) is 4.34. The molecular formula is C33H51NO2. The van der Waals surface area contributed by atoms with Crippen LogP contribution in [0.4, 0.5) is 0 Å². The molecule has 2 fully saturated rings. The molecule has 3 heteroatoms. The lowest BCUT2D eigenvalue weighted by molar-refractivity contribution is -0.0962. The van der Waals surface area contributed by atoms with Crippen LogP contribution in [0.3, 0.4) is 0 Å². The van der Waals surface area contributed by atoms with Crippen molar-refractivity contribution >= 4 is 0 Å². The molecule has 0 radical (unpaired) electrons. The number of nitrogens with zero attached hydrogens (tertiary/aromatic N) is 1.